The van der Waals surface area contributed by atoms with Crippen LogP contribution in [-0.2, 0) is 13.5 Å². The maximum Gasteiger partial charge on any atom is 0.0659 e. The summed E-state index contributed by atoms with van der Waals surface area (Å²) in [5, 5.41) is 8.07. The molecule has 15 heavy (non-hydrogen) atoms. The number of nitrogens with zero attached hydrogens (tertiary/aromatic N) is 2. The standard InChI is InChI=1S/C12H19N3/c1-4-10-11(7(2)15(3)14-10)12-8-5-13-6-9(8)12/h8-9,12-13H,4-6H2,1-3H3/t8-,9+,12?. The Morgan fingerprint density at radius 1 is 1.40 bits per heavy atom. The minimum Gasteiger partial charge on any atom is -0.316 e. The Balaban J connectivity index is 1.97. The highest BCUT2D eigenvalue weighted by molar-refractivity contribution is 5.37. The molecule has 3 heteroatoms. The van der Waals surface area contributed by atoms with Gasteiger partial charge < -0.3 is 5.32 Å². The maximum absolute atomic E-state index is 4.61. The van der Waals surface area contributed by atoms with Gasteiger partial charge >= 0.3 is 0 Å². The number of aryl methyl sites for hydroxylation is 2. The highest BCUT2D eigenvalue weighted by Gasteiger charge is 2.55. The fourth-order valence-corrected chi connectivity index (χ4v) is 3.23. The van der Waals surface area contributed by atoms with Crippen molar-refractivity contribution >= 4 is 0 Å². The van der Waals surface area contributed by atoms with E-state index in [4.69, 9.17) is 0 Å². The van der Waals surface area contributed by atoms with Crippen molar-refractivity contribution in [3.63, 3.8) is 0 Å². The fraction of sp³-hybridized carbons (Fsp3) is 0.750. The summed E-state index contributed by atoms with van der Waals surface area (Å²) >= 11 is 0. The summed E-state index contributed by atoms with van der Waals surface area (Å²) < 4.78 is 2.05. The lowest BCUT2D eigenvalue weighted by Gasteiger charge is -2.05. The summed E-state index contributed by atoms with van der Waals surface area (Å²) in [4.78, 5) is 0. The van der Waals surface area contributed by atoms with Crippen LogP contribution in [0.4, 0.5) is 0 Å². The van der Waals surface area contributed by atoms with Crippen molar-refractivity contribution in [2.24, 2.45) is 18.9 Å². The lowest BCUT2D eigenvalue weighted by molar-refractivity contribution is 0.677. The first-order valence-corrected chi connectivity index (χ1v) is 5.97. The van der Waals surface area contributed by atoms with Gasteiger partial charge in [0.1, 0.15) is 0 Å². The van der Waals surface area contributed by atoms with Crippen LogP contribution in [0.1, 0.15) is 29.8 Å². The third kappa shape index (κ3) is 1.19. The molecule has 3 atom stereocenters. The monoisotopic (exact) mass is 205 g/mol. The number of piperidine rings is 1. The van der Waals surface area contributed by atoms with E-state index in [1.807, 2.05) is 0 Å². The third-order valence-corrected chi connectivity index (χ3v) is 4.22. The minimum absolute atomic E-state index is 0.815. The van der Waals surface area contributed by atoms with Crippen molar-refractivity contribution in [2.45, 2.75) is 26.2 Å². The van der Waals surface area contributed by atoms with Crippen molar-refractivity contribution in [3.8, 4) is 0 Å². The van der Waals surface area contributed by atoms with Gasteiger partial charge in [0.05, 0.1) is 5.69 Å². The third-order valence-electron chi connectivity index (χ3n) is 4.22. The number of fused-ring (bicyclic) bond motifs is 1. The molecule has 2 fully saturated rings. The van der Waals surface area contributed by atoms with E-state index in [0.717, 1.165) is 24.2 Å². The van der Waals surface area contributed by atoms with E-state index in [0.29, 0.717) is 0 Å². The van der Waals surface area contributed by atoms with Crippen LogP contribution >= 0.6 is 0 Å². The molecule has 1 aromatic heterocycles. The van der Waals surface area contributed by atoms with Crippen LogP contribution in [0.2, 0.25) is 0 Å². The van der Waals surface area contributed by atoms with E-state index < -0.39 is 0 Å². The Morgan fingerprint density at radius 3 is 2.67 bits per heavy atom. The molecule has 0 aromatic carbocycles. The topological polar surface area (TPSA) is 29.9 Å². The van der Waals surface area contributed by atoms with E-state index in [1.54, 1.807) is 5.56 Å². The normalized spacial score (nSPS) is 33.1. The largest absolute Gasteiger partial charge is 0.316 e. The summed E-state index contributed by atoms with van der Waals surface area (Å²) in [6, 6.07) is 0. The molecule has 82 valence electrons. The van der Waals surface area contributed by atoms with E-state index in [1.165, 1.54) is 24.5 Å². The molecule has 0 bridgehead atoms. The number of nitrogens with one attached hydrogen (secondary N) is 1. The number of aromatic nitrogens is 2. The zero-order valence-electron chi connectivity index (χ0n) is 9.75. The molecule has 1 aliphatic carbocycles. The summed E-state index contributed by atoms with van der Waals surface area (Å²) in [7, 11) is 2.06. The molecule has 3 rings (SSSR count). The fourth-order valence-electron chi connectivity index (χ4n) is 3.23. The predicted molar refractivity (Wildman–Crippen MR) is 59.9 cm³/mol. The van der Waals surface area contributed by atoms with Crippen molar-refractivity contribution in [2.75, 3.05) is 13.1 Å². The van der Waals surface area contributed by atoms with E-state index >= 15 is 0 Å². The molecular weight excluding hydrogens is 186 g/mol. The lowest BCUT2D eigenvalue weighted by atomic mass is 10.0. The zero-order chi connectivity index (χ0) is 10.6. The second kappa shape index (κ2) is 3.08. The van der Waals surface area contributed by atoms with Crippen molar-refractivity contribution in [1.29, 1.82) is 0 Å². The van der Waals surface area contributed by atoms with Gasteiger partial charge in [0, 0.05) is 12.7 Å². The van der Waals surface area contributed by atoms with E-state index in [-0.39, 0.29) is 0 Å². The van der Waals surface area contributed by atoms with Crippen LogP contribution in [0.15, 0.2) is 0 Å². The molecule has 1 aliphatic heterocycles. The molecule has 0 spiro atoms. The molecule has 2 heterocycles. The smallest absolute Gasteiger partial charge is 0.0659 e. The second-order valence-electron chi connectivity index (χ2n) is 4.93. The number of rotatable bonds is 2. The first kappa shape index (κ1) is 9.40. The van der Waals surface area contributed by atoms with Gasteiger partial charge in [-0.1, -0.05) is 6.92 Å². The first-order chi connectivity index (χ1) is 7.24. The summed E-state index contributed by atoms with van der Waals surface area (Å²) in [6.07, 6.45) is 1.07. The van der Waals surface area contributed by atoms with Crippen LogP contribution in [0, 0.1) is 18.8 Å². The van der Waals surface area contributed by atoms with Gasteiger partial charge in [-0.05, 0) is 49.8 Å². The maximum atomic E-state index is 4.61. The zero-order valence-corrected chi connectivity index (χ0v) is 9.75. The van der Waals surface area contributed by atoms with Crippen LogP contribution in [0.25, 0.3) is 0 Å². The average Bonchev–Trinajstić information content (AvgIpc) is 2.63. The van der Waals surface area contributed by atoms with E-state index in [2.05, 4.69) is 36.0 Å². The molecule has 1 saturated carbocycles. The Labute approximate surface area is 90.9 Å². The van der Waals surface area contributed by atoms with Gasteiger partial charge in [-0.3, -0.25) is 4.68 Å². The summed E-state index contributed by atoms with van der Waals surface area (Å²) in [5.74, 6) is 2.62. The summed E-state index contributed by atoms with van der Waals surface area (Å²) in [5.41, 5.74) is 4.28. The number of hydrogen-bond acceptors (Lipinski definition) is 2. The van der Waals surface area contributed by atoms with Crippen LogP contribution < -0.4 is 5.32 Å². The van der Waals surface area contributed by atoms with Crippen molar-refractivity contribution in [1.82, 2.24) is 15.1 Å². The molecule has 0 amide bonds. The Bertz CT molecular complexity index is 384. The molecule has 1 aromatic rings. The van der Waals surface area contributed by atoms with Crippen LogP contribution in [-0.4, -0.2) is 22.9 Å². The molecule has 1 saturated heterocycles. The quantitative estimate of drug-likeness (QED) is 0.787. The van der Waals surface area contributed by atoms with Gasteiger partial charge in [0.2, 0.25) is 0 Å². The highest BCUT2D eigenvalue weighted by atomic mass is 15.3. The van der Waals surface area contributed by atoms with Gasteiger partial charge in [-0.25, -0.2) is 0 Å². The molecule has 3 nitrogen and oxygen atoms in total. The van der Waals surface area contributed by atoms with Gasteiger partial charge in [-0.15, -0.1) is 0 Å². The Morgan fingerprint density at radius 2 is 2.07 bits per heavy atom. The molecule has 1 unspecified atom stereocenters. The molecular formula is C12H19N3. The first-order valence-electron chi connectivity index (χ1n) is 5.97. The van der Waals surface area contributed by atoms with Gasteiger partial charge in [0.15, 0.2) is 0 Å². The second-order valence-corrected chi connectivity index (χ2v) is 4.93. The predicted octanol–water partition coefficient (Wildman–Crippen LogP) is 1.22. The Kier molecular flexibility index (Phi) is 1.93. The average molecular weight is 205 g/mol. The minimum atomic E-state index is 0.815. The van der Waals surface area contributed by atoms with Crippen LogP contribution in [0.3, 0.4) is 0 Å². The van der Waals surface area contributed by atoms with Crippen molar-refractivity contribution < 1.29 is 0 Å². The SMILES string of the molecule is CCc1nn(C)c(C)c1C1[C@H]2CNC[C@@H]12. The summed E-state index contributed by atoms with van der Waals surface area (Å²) in [6.45, 7) is 6.85. The van der Waals surface area contributed by atoms with Gasteiger partial charge in [-0.2, -0.15) is 5.10 Å². The van der Waals surface area contributed by atoms with Gasteiger partial charge in [0.25, 0.3) is 0 Å². The highest BCUT2D eigenvalue weighted by Crippen LogP contribution is 2.57. The van der Waals surface area contributed by atoms with Crippen molar-refractivity contribution in [3.05, 3.63) is 17.0 Å². The molecule has 0 radical (unpaired) electrons. The Hall–Kier alpha value is -0.830. The molecule has 1 N–H and O–H groups in total. The van der Waals surface area contributed by atoms with E-state index in [9.17, 15) is 0 Å². The number of hydrogen-bond donors (Lipinski definition) is 1. The lowest BCUT2D eigenvalue weighted by Crippen LogP contribution is -2.14. The van der Waals surface area contributed by atoms with Crippen LogP contribution in [0.5, 0.6) is 0 Å². The molecule has 2 aliphatic rings.